The molecule has 2 saturated heterocycles. The number of fused-ring (bicyclic) bond motifs is 1. The summed E-state index contributed by atoms with van der Waals surface area (Å²) in [6.45, 7) is 2.04. The number of rotatable bonds is 9. The van der Waals surface area contributed by atoms with Gasteiger partial charge in [-0.15, -0.1) is 0 Å². The van der Waals surface area contributed by atoms with Gasteiger partial charge in [-0.3, -0.25) is 14.8 Å². The molecule has 6 rings (SSSR count). The van der Waals surface area contributed by atoms with Gasteiger partial charge in [-0.25, -0.2) is 9.59 Å². The third-order valence-corrected chi connectivity index (χ3v) is 8.15. The summed E-state index contributed by atoms with van der Waals surface area (Å²) in [6, 6.07) is 26.7. The van der Waals surface area contributed by atoms with E-state index >= 15 is 0 Å². The normalized spacial score (nSPS) is 21.5. The Kier molecular flexibility index (Phi) is 8.18. The monoisotopic (exact) mass is 588 g/mol. The number of pyridine rings is 2. The smallest absolute Gasteiger partial charge is 0.407 e. The van der Waals surface area contributed by atoms with E-state index in [0.29, 0.717) is 17.7 Å². The molecule has 0 saturated carbocycles. The van der Waals surface area contributed by atoms with Gasteiger partial charge in [-0.1, -0.05) is 73.7 Å². The van der Waals surface area contributed by atoms with Crippen molar-refractivity contribution in [1.82, 2.24) is 20.2 Å². The first-order valence-electron chi connectivity index (χ1n) is 14.5. The van der Waals surface area contributed by atoms with Crippen LogP contribution < -0.4 is 5.32 Å². The molecule has 0 radical (unpaired) electrons. The number of hydrogen-bond acceptors (Lipinski definition) is 7. The summed E-state index contributed by atoms with van der Waals surface area (Å²) in [5, 5.41) is 2.74. The van der Waals surface area contributed by atoms with Gasteiger partial charge >= 0.3 is 12.1 Å². The molecule has 2 aliphatic rings. The van der Waals surface area contributed by atoms with Gasteiger partial charge in [0.1, 0.15) is 12.6 Å². The molecule has 2 aromatic carbocycles. The molecule has 1 unspecified atom stereocenters. The predicted octanol–water partition coefficient (Wildman–Crippen LogP) is 5.11. The molecule has 222 valence electrons. The number of carbonyl (C=O) groups excluding carboxylic acids is 3. The van der Waals surface area contributed by atoms with Crippen molar-refractivity contribution in [3.05, 3.63) is 138 Å². The zero-order valence-electron chi connectivity index (χ0n) is 24.2. The molecule has 9 heteroatoms. The SMILES string of the molecule is C[C@@]1(COC(=O)NCc2ccncc2)CC2/C(=C\c3ccccn3)C(=O)N2[C@H]1C(=O)OC(c1ccccc1)c1ccccc1. The Morgan fingerprint density at radius 1 is 0.955 bits per heavy atom. The van der Waals surface area contributed by atoms with Gasteiger partial charge < -0.3 is 19.7 Å². The molecule has 3 atom stereocenters. The van der Waals surface area contributed by atoms with Crippen LogP contribution in [0.4, 0.5) is 4.79 Å². The summed E-state index contributed by atoms with van der Waals surface area (Å²) < 4.78 is 11.9. The number of alkyl carbamates (subject to hydrolysis) is 1. The highest BCUT2D eigenvalue weighted by molar-refractivity contribution is 6.08. The van der Waals surface area contributed by atoms with Crippen LogP contribution in [0.2, 0.25) is 0 Å². The van der Waals surface area contributed by atoms with E-state index in [1.54, 1.807) is 41.7 Å². The summed E-state index contributed by atoms with van der Waals surface area (Å²) in [7, 11) is 0. The van der Waals surface area contributed by atoms with Crippen LogP contribution in [0.3, 0.4) is 0 Å². The van der Waals surface area contributed by atoms with Gasteiger partial charge in [0.15, 0.2) is 6.10 Å². The van der Waals surface area contributed by atoms with E-state index in [4.69, 9.17) is 9.47 Å². The van der Waals surface area contributed by atoms with Crippen LogP contribution in [-0.4, -0.2) is 51.5 Å². The van der Waals surface area contributed by atoms with E-state index in [-0.39, 0.29) is 25.1 Å². The molecule has 44 heavy (non-hydrogen) atoms. The third-order valence-electron chi connectivity index (χ3n) is 8.15. The third kappa shape index (κ3) is 5.94. The molecular weight excluding hydrogens is 556 g/mol. The van der Waals surface area contributed by atoms with E-state index in [1.165, 1.54) is 0 Å². The highest BCUT2D eigenvalue weighted by Gasteiger charge is 2.63. The molecular formula is C35H32N4O5. The van der Waals surface area contributed by atoms with Gasteiger partial charge in [-0.05, 0) is 53.5 Å². The van der Waals surface area contributed by atoms with Crippen LogP contribution in [0.5, 0.6) is 0 Å². The topological polar surface area (TPSA) is 111 Å². The lowest BCUT2D eigenvalue weighted by Crippen LogP contribution is -2.58. The molecule has 2 fully saturated rings. The maximum atomic E-state index is 14.2. The number of benzene rings is 2. The fourth-order valence-electron chi connectivity index (χ4n) is 5.95. The molecule has 2 amide bonds. The van der Waals surface area contributed by atoms with E-state index in [9.17, 15) is 14.4 Å². The van der Waals surface area contributed by atoms with Crippen molar-refractivity contribution in [2.24, 2.45) is 5.41 Å². The minimum atomic E-state index is -0.969. The molecule has 4 aromatic rings. The second-order valence-electron chi connectivity index (χ2n) is 11.3. The Labute approximate surface area is 255 Å². The Balaban J connectivity index is 1.26. The van der Waals surface area contributed by atoms with Gasteiger partial charge in [0.25, 0.3) is 5.91 Å². The van der Waals surface area contributed by atoms with Crippen molar-refractivity contribution in [3.63, 3.8) is 0 Å². The van der Waals surface area contributed by atoms with Crippen molar-refractivity contribution in [2.45, 2.75) is 38.1 Å². The molecule has 0 spiro atoms. The number of aromatic nitrogens is 2. The van der Waals surface area contributed by atoms with Gasteiger partial charge in [0, 0.05) is 36.1 Å². The number of hydrogen-bond donors (Lipinski definition) is 1. The van der Waals surface area contributed by atoms with Crippen LogP contribution in [0.25, 0.3) is 6.08 Å². The van der Waals surface area contributed by atoms with E-state index in [1.807, 2.05) is 85.8 Å². The van der Waals surface area contributed by atoms with Crippen molar-refractivity contribution in [2.75, 3.05) is 6.61 Å². The molecule has 0 aliphatic carbocycles. The van der Waals surface area contributed by atoms with Crippen molar-refractivity contribution in [1.29, 1.82) is 0 Å². The maximum absolute atomic E-state index is 14.2. The zero-order valence-corrected chi connectivity index (χ0v) is 24.2. The first kappa shape index (κ1) is 28.8. The Morgan fingerprint density at radius 2 is 1.61 bits per heavy atom. The molecule has 9 nitrogen and oxygen atoms in total. The van der Waals surface area contributed by atoms with Crippen LogP contribution in [0.1, 0.15) is 41.8 Å². The number of ether oxygens (including phenoxy) is 2. The van der Waals surface area contributed by atoms with Crippen LogP contribution in [0.15, 0.2) is 115 Å². The Bertz CT molecular complexity index is 1610. The van der Waals surface area contributed by atoms with Crippen molar-refractivity contribution >= 4 is 24.0 Å². The van der Waals surface area contributed by atoms with Gasteiger partial charge in [-0.2, -0.15) is 0 Å². The predicted molar refractivity (Wildman–Crippen MR) is 163 cm³/mol. The minimum absolute atomic E-state index is 0.0898. The lowest BCUT2D eigenvalue weighted by atomic mass is 9.81. The maximum Gasteiger partial charge on any atom is 0.407 e. The Morgan fingerprint density at radius 3 is 2.25 bits per heavy atom. The summed E-state index contributed by atoms with van der Waals surface area (Å²) >= 11 is 0. The van der Waals surface area contributed by atoms with Crippen molar-refractivity contribution < 1.29 is 23.9 Å². The average molecular weight is 589 g/mol. The number of carbonyl (C=O) groups is 3. The van der Waals surface area contributed by atoms with Gasteiger partial charge in [0.2, 0.25) is 0 Å². The number of nitrogens with zero attached hydrogens (tertiary/aromatic N) is 3. The lowest BCUT2D eigenvalue weighted by Gasteiger charge is -2.41. The summed E-state index contributed by atoms with van der Waals surface area (Å²) in [6.07, 6.45) is 5.83. The quantitative estimate of drug-likeness (QED) is 0.164. The van der Waals surface area contributed by atoms with Gasteiger partial charge in [0.05, 0.1) is 11.7 Å². The highest BCUT2D eigenvalue weighted by atomic mass is 16.6. The fourth-order valence-corrected chi connectivity index (χ4v) is 5.95. The van der Waals surface area contributed by atoms with Crippen LogP contribution in [0, 0.1) is 5.41 Å². The Hall–Kier alpha value is -5.31. The first-order valence-corrected chi connectivity index (χ1v) is 14.5. The summed E-state index contributed by atoms with van der Waals surface area (Å²) in [5.74, 6) is -0.817. The molecule has 2 aromatic heterocycles. The number of amides is 2. The first-order chi connectivity index (χ1) is 21.4. The number of esters is 1. The van der Waals surface area contributed by atoms with Crippen molar-refractivity contribution in [3.8, 4) is 0 Å². The number of nitrogens with one attached hydrogen (secondary N) is 1. The standard InChI is InChI=1S/C35H32N4O5/c1-35(23-43-34(42)38-22-24-15-18-36-19-16-24)21-29-28(20-27-14-8-9-17-37-27)32(40)39(29)31(35)33(41)44-30(25-10-4-2-5-11-25)26-12-6-3-7-13-26/h2-20,29-31H,21-23H2,1H3,(H,38,42)/b28-20+/t29?,31-,35-/m0/s1. The molecule has 1 N–H and O–H groups in total. The van der Waals surface area contributed by atoms with E-state index < -0.39 is 29.6 Å². The van der Waals surface area contributed by atoms with Crippen LogP contribution >= 0.6 is 0 Å². The average Bonchev–Trinajstić information content (AvgIpc) is 3.35. The van der Waals surface area contributed by atoms with E-state index in [2.05, 4.69) is 15.3 Å². The fraction of sp³-hybridized carbons (Fsp3) is 0.229. The second-order valence-corrected chi connectivity index (χ2v) is 11.3. The van der Waals surface area contributed by atoms with E-state index in [0.717, 1.165) is 16.7 Å². The minimum Gasteiger partial charge on any atom is -0.451 e. The summed E-state index contributed by atoms with van der Waals surface area (Å²) in [5.41, 5.74) is 2.79. The zero-order chi connectivity index (χ0) is 30.5. The molecule has 2 aliphatic heterocycles. The summed E-state index contributed by atoms with van der Waals surface area (Å²) in [4.78, 5) is 50.3. The van der Waals surface area contributed by atoms with Crippen LogP contribution in [-0.2, 0) is 25.6 Å². The largest absolute Gasteiger partial charge is 0.451 e. The lowest BCUT2D eigenvalue weighted by molar-refractivity contribution is -0.163. The molecule has 0 bridgehead atoms. The molecule has 4 heterocycles. The number of β-lactam (4-membered cyclic amide) rings is 1. The highest BCUT2D eigenvalue weighted by Crippen LogP contribution is 2.50. The second kappa shape index (κ2) is 12.5.